The van der Waals surface area contributed by atoms with E-state index in [9.17, 15) is 14.9 Å². The van der Waals surface area contributed by atoms with Crippen LogP contribution < -0.4 is 10.1 Å². The SMILES string of the molecule is COc1ccc(-c2nnc(SCC(=O)Nc3ccccc3[N+](=O)[O-])o2)cc1. The molecule has 27 heavy (non-hydrogen) atoms. The number of ether oxygens (including phenoxy) is 1. The highest BCUT2D eigenvalue weighted by Gasteiger charge is 2.16. The summed E-state index contributed by atoms with van der Waals surface area (Å²) < 4.78 is 10.6. The highest BCUT2D eigenvalue weighted by molar-refractivity contribution is 7.99. The van der Waals surface area contributed by atoms with Gasteiger partial charge in [-0.15, -0.1) is 10.2 Å². The predicted molar refractivity (Wildman–Crippen MR) is 98.7 cm³/mol. The van der Waals surface area contributed by atoms with Crippen molar-refractivity contribution in [2.24, 2.45) is 0 Å². The van der Waals surface area contributed by atoms with E-state index >= 15 is 0 Å². The molecule has 1 aromatic heterocycles. The van der Waals surface area contributed by atoms with Gasteiger partial charge in [-0.1, -0.05) is 23.9 Å². The Morgan fingerprint density at radius 3 is 2.67 bits per heavy atom. The molecule has 0 saturated carbocycles. The Morgan fingerprint density at radius 2 is 1.96 bits per heavy atom. The summed E-state index contributed by atoms with van der Waals surface area (Å²) in [6.45, 7) is 0. The molecule has 9 nitrogen and oxygen atoms in total. The van der Waals surface area contributed by atoms with Gasteiger partial charge in [0.05, 0.1) is 17.8 Å². The third-order valence-electron chi connectivity index (χ3n) is 3.45. The number of anilines is 1. The molecule has 0 aliphatic heterocycles. The second-order valence-corrected chi connectivity index (χ2v) is 6.14. The summed E-state index contributed by atoms with van der Waals surface area (Å²) in [5, 5.41) is 21.5. The van der Waals surface area contributed by atoms with Crippen LogP contribution in [0.2, 0.25) is 0 Å². The number of hydrogen-bond acceptors (Lipinski definition) is 8. The van der Waals surface area contributed by atoms with E-state index in [-0.39, 0.29) is 22.4 Å². The summed E-state index contributed by atoms with van der Waals surface area (Å²) in [6.07, 6.45) is 0. The summed E-state index contributed by atoms with van der Waals surface area (Å²) in [5.74, 6) is 0.577. The molecule has 0 saturated heterocycles. The molecule has 1 heterocycles. The van der Waals surface area contributed by atoms with Crippen LogP contribution in [0.4, 0.5) is 11.4 Å². The van der Waals surface area contributed by atoms with Crippen LogP contribution in [0.3, 0.4) is 0 Å². The van der Waals surface area contributed by atoms with Crippen molar-refractivity contribution in [1.29, 1.82) is 0 Å². The van der Waals surface area contributed by atoms with Crippen LogP contribution in [0.1, 0.15) is 0 Å². The van der Waals surface area contributed by atoms with Crippen molar-refractivity contribution in [2.75, 3.05) is 18.2 Å². The Labute approximate surface area is 157 Å². The monoisotopic (exact) mass is 386 g/mol. The minimum atomic E-state index is -0.554. The molecule has 0 aliphatic rings. The maximum atomic E-state index is 12.0. The molecule has 0 atom stereocenters. The number of amides is 1. The molecule has 3 aromatic rings. The van der Waals surface area contributed by atoms with Crippen LogP contribution in [-0.4, -0.2) is 33.9 Å². The highest BCUT2D eigenvalue weighted by atomic mass is 32.2. The van der Waals surface area contributed by atoms with E-state index in [0.29, 0.717) is 11.6 Å². The van der Waals surface area contributed by atoms with E-state index in [1.54, 1.807) is 37.4 Å². The second kappa shape index (κ2) is 8.32. The third-order valence-corrected chi connectivity index (χ3v) is 4.26. The van der Waals surface area contributed by atoms with E-state index in [1.165, 1.54) is 18.2 Å². The second-order valence-electron chi connectivity index (χ2n) is 5.21. The zero-order valence-corrected chi connectivity index (χ0v) is 14.9. The number of nitro benzene ring substituents is 1. The molecule has 0 bridgehead atoms. The van der Waals surface area contributed by atoms with Crippen molar-refractivity contribution in [3.63, 3.8) is 0 Å². The average Bonchev–Trinajstić information content (AvgIpc) is 3.16. The Morgan fingerprint density at radius 1 is 1.22 bits per heavy atom. The Bertz CT molecular complexity index is 958. The number of thioether (sulfide) groups is 1. The van der Waals surface area contributed by atoms with Gasteiger partial charge in [0.15, 0.2) is 0 Å². The number of aromatic nitrogens is 2. The summed E-state index contributed by atoms with van der Waals surface area (Å²) >= 11 is 1.04. The van der Waals surface area contributed by atoms with Crippen LogP contribution in [0.15, 0.2) is 58.2 Å². The van der Waals surface area contributed by atoms with Crippen molar-refractivity contribution in [1.82, 2.24) is 10.2 Å². The number of nitrogens with zero attached hydrogens (tertiary/aromatic N) is 3. The number of carbonyl (C=O) groups excluding carboxylic acids is 1. The minimum Gasteiger partial charge on any atom is -0.497 e. The average molecular weight is 386 g/mol. The van der Waals surface area contributed by atoms with E-state index < -0.39 is 10.8 Å². The molecular formula is C17H14N4O5S. The lowest BCUT2D eigenvalue weighted by Gasteiger charge is -2.04. The van der Waals surface area contributed by atoms with E-state index in [4.69, 9.17) is 9.15 Å². The molecule has 0 radical (unpaired) electrons. The van der Waals surface area contributed by atoms with Crippen molar-refractivity contribution < 1.29 is 18.9 Å². The normalized spacial score (nSPS) is 10.4. The number of nitro groups is 1. The molecule has 0 spiro atoms. The van der Waals surface area contributed by atoms with Gasteiger partial charge in [0, 0.05) is 11.6 Å². The van der Waals surface area contributed by atoms with Crippen LogP contribution in [0.25, 0.3) is 11.5 Å². The predicted octanol–water partition coefficient (Wildman–Crippen LogP) is 3.38. The maximum absolute atomic E-state index is 12.0. The summed E-state index contributed by atoms with van der Waals surface area (Å²) in [6, 6.07) is 13.0. The van der Waals surface area contributed by atoms with Gasteiger partial charge < -0.3 is 14.5 Å². The van der Waals surface area contributed by atoms with Crippen molar-refractivity contribution >= 4 is 29.0 Å². The lowest BCUT2D eigenvalue weighted by atomic mass is 10.2. The lowest BCUT2D eigenvalue weighted by Crippen LogP contribution is -2.15. The van der Waals surface area contributed by atoms with Crippen LogP contribution in [0, 0.1) is 10.1 Å². The minimum absolute atomic E-state index is 0.0315. The van der Waals surface area contributed by atoms with Gasteiger partial charge in [-0.2, -0.15) is 0 Å². The van der Waals surface area contributed by atoms with Gasteiger partial charge >= 0.3 is 0 Å². The van der Waals surface area contributed by atoms with Crippen molar-refractivity contribution in [2.45, 2.75) is 5.22 Å². The number of methoxy groups -OCH3 is 1. The largest absolute Gasteiger partial charge is 0.497 e. The van der Waals surface area contributed by atoms with Gasteiger partial charge in [0.25, 0.3) is 10.9 Å². The number of para-hydroxylation sites is 2. The van der Waals surface area contributed by atoms with Crippen molar-refractivity contribution in [3.05, 3.63) is 58.6 Å². The molecule has 138 valence electrons. The zero-order chi connectivity index (χ0) is 19.2. The first kappa shape index (κ1) is 18.4. The molecule has 10 heteroatoms. The van der Waals surface area contributed by atoms with Gasteiger partial charge in [0.2, 0.25) is 11.8 Å². The molecule has 0 unspecified atom stereocenters. The standard InChI is InChI=1S/C17H14N4O5S/c1-25-12-8-6-11(7-9-12)16-19-20-17(26-16)27-10-15(22)18-13-4-2-3-5-14(13)21(23)24/h2-9H,10H2,1H3,(H,18,22). The number of benzene rings is 2. The number of nitrogens with one attached hydrogen (secondary N) is 1. The van der Waals surface area contributed by atoms with Gasteiger partial charge in [-0.3, -0.25) is 14.9 Å². The fourth-order valence-corrected chi connectivity index (χ4v) is 2.73. The molecule has 1 amide bonds. The van der Waals surface area contributed by atoms with E-state index in [2.05, 4.69) is 15.5 Å². The first-order valence-corrected chi connectivity index (χ1v) is 8.69. The van der Waals surface area contributed by atoms with Gasteiger partial charge in [0.1, 0.15) is 11.4 Å². The Hall–Kier alpha value is -3.40. The fraction of sp³-hybridized carbons (Fsp3) is 0.118. The van der Waals surface area contributed by atoms with Crippen molar-refractivity contribution in [3.8, 4) is 17.2 Å². The van der Waals surface area contributed by atoms with Crippen LogP contribution in [0.5, 0.6) is 5.75 Å². The van der Waals surface area contributed by atoms with E-state index in [0.717, 1.165) is 17.3 Å². The summed E-state index contributed by atoms with van der Waals surface area (Å²) in [7, 11) is 1.57. The smallest absolute Gasteiger partial charge is 0.292 e. The Kier molecular flexibility index (Phi) is 5.67. The molecule has 0 aliphatic carbocycles. The molecular weight excluding hydrogens is 372 g/mol. The lowest BCUT2D eigenvalue weighted by molar-refractivity contribution is -0.383. The topological polar surface area (TPSA) is 120 Å². The first-order chi connectivity index (χ1) is 13.1. The van der Waals surface area contributed by atoms with Crippen LogP contribution in [-0.2, 0) is 4.79 Å². The fourth-order valence-electron chi connectivity index (χ4n) is 2.17. The maximum Gasteiger partial charge on any atom is 0.292 e. The van der Waals surface area contributed by atoms with Gasteiger partial charge in [-0.05, 0) is 30.3 Å². The molecule has 1 N–H and O–H groups in total. The molecule has 2 aromatic carbocycles. The summed E-state index contributed by atoms with van der Waals surface area (Å²) in [4.78, 5) is 22.5. The third kappa shape index (κ3) is 4.61. The van der Waals surface area contributed by atoms with Crippen LogP contribution >= 0.6 is 11.8 Å². The molecule has 3 rings (SSSR count). The van der Waals surface area contributed by atoms with Gasteiger partial charge in [-0.25, -0.2) is 0 Å². The van der Waals surface area contributed by atoms with E-state index in [1.807, 2.05) is 0 Å². The number of hydrogen-bond donors (Lipinski definition) is 1. The summed E-state index contributed by atoms with van der Waals surface area (Å²) in [5.41, 5.74) is 0.687. The highest BCUT2D eigenvalue weighted by Crippen LogP contribution is 2.26. The number of rotatable bonds is 7. The first-order valence-electron chi connectivity index (χ1n) is 7.71. The zero-order valence-electron chi connectivity index (χ0n) is 14.1. The Balaban J connectivity index is 1.60. The molecule has 0 fully saturated rings. The quantitative estimate of drug-likeness (QED) is 0.373. The number of carbonyl (C=O) groups is 1.